The van der Waals surface area contributed by atoms with Gasteiger partial charge in [-0.2, -0.15) is 0 Å². The van der Waals surface area contributed by atoms with E-state index >= 15 is 0 Å². The lowest BCUT2D eigenvalue weighted by Gasteiger charge is -2.38. The summed E-state index contributed by atoms with van der Waals surface area (Å²) >= 11 is 0. The average Bonchev–Trinajstić information content (AvgIpc) is 2.50. The number of hydrogen-bond donors (Lipinski definition) is 1. The molecule has 0 aromatic heterocycles. The number of hydrogen-bond acceptors (Lipinski definition) is 2. The molecule has 0 bridgehead atoms. The fourth-order valence-electron chi connectivity index (χ4n) is 2.89. The summed E-state index contributed by atoms with van der Waals surface area (Å²) in [7, 11) is 0. The van der Waals surface area contributed by atoms with Gasteiger partial charge in [0.15, 0.2) is 0 Å². The molecule has 1 atom stereocenters. The van der Waals surface area contributed by atoms with Crippen molar-refractivity contribution in [3.8, 4) is 0 Å². The first kappa shape index (κ1) is 13.1. The van der Waals surface area contributed by atoms with Crippen molar-refractivity contribution >= 4 is 5.69 Å². The Balaban J connectivity index is 1.95. The van der Waals surface area contributed by atoms with Crippen LogP contribution in [0.1, 0.15) is 17.5 Å². The van der Waals surface area contributed by atoms with Gasteiger partial charge in [0.25, 0.3) is 0 Å². The van der Waals surface area contributed by atoms with Crippen LogP contribution >= 0.6 is 0 Å². The summed E-state index contributed by atoms with van der Waals surface area (Å²) in [6, 6.07) is 15.1. The zero-order valence-corrected chi connectivity index (χ0v) is 11.3. The molecule has 2 nitrogen and oxygen atoms in total. The number of halogens is 1. The van der Waals surface area contributed by atoms with Crippen LogP contribution in [0.4, 0.5) is 10.1 Å². The van der Waals surface area contributed by atoms with Crippen molar-refractivity contribution in [3.05, 3.63) is 65.5 Å². The Hall–Kier alpha value is -1.87. The van der Waals surface area contributed by atoms with E-state index in [-0.39, 0.29) is 18.5 Å². The first-order chi connectivity index (χ1) is 9.79. The Bertz CT molecular complexity index is 599. The molecule has 0 spiro atoms. The summed E-state index contributed by atoms with van der Waals surface area (Å²) in [5.74, 6) is -0.188. The zero-order chi connectivity index (χ0) is 13.9. The molecule has 0 unspecified atom stereocenters. The van der Waals surface area contributed by atoms with Crippen molar-refractivity contribution in [2.24, 2.45) is 0 Å². The van der Waals surface area contributed by atoms with Gasteiger partial charge in [-0.1, -0.05) is 36.4 Å². The summed E-state index contributed by atoms with van der Waals surface area (Å²) < 4.78 is 13.9. The molecule has 0 aliphatic carbocycles. The van der Waals surface area contributed by atoms with E-state index in [1.807, 2.05) is 18.2 Å². The molecular formula is C17H18FNO. The lowest BCUT2D eigenvalue weighted by atomic mass is 9.95. The number of aliphatic hydroxyl groups excluding tert-OH is 1. The van der Waals surface area contributed by atoms with Gasteiger partial charge in [-0.15, -0.1) is 0 Å². The molecular weight excluding hydrogens is 253 g/mol. The third-order valence-electron chi connectivity index (χ3n) is 4.00. The largest absolute Gasteiger partial charge is 0.394 e. The van der Waals surface area contributed by atoms with Gasteiger partial charge in [-0.3, -0.25) is 0 Å². The Morgan fingerprint density at radius 1 is 1.10 bits per heavy atom. The molecule has 0 saturated heterocycles. The van der Waals surface area contributed by atoms with Crippen molar-refractivity contribution < 1.29 is 9.50 Å². The van der Waals surface area contributed by atoms with Crippen LogP contribution in [0.15, 0.2) is 48.5 Å². The highest BCUT2D eigenvalue weighted by molar-refractivity contribution is 5.56. The van der Waals surface area contributed by atoms with Crippen molar-refractivity contribution in [1.29, 1.82) is 0 Å². The van der Waals surface area contributed by atoms with E-state index in [4.69, 9.17) is 0 Å². The Morgan fingerprint density at radius 3 is 2.65 bits per heavy atom. The third-order valence-corrected chi connectivity index (χ3v) is 4.00. The fourth-order valence-corrected chi connectivity index (χ4v) is 2.89. The molecule has 1 N–H and O–H groups in total. The molecule has 1 aliphatic rings. The molecule has 0 amide bonds. The van der Waals surface area contributed by atoms with Gasteiger partial charge >= 0.3 is 0 Å². The summed E-state index contributed by atoms with van der Waals surface area (Å²) in [5.41, 5.74) is 3.05. The number of fused-ring (bicyclic) bond motifs is 1. The van der Waals surface area contributed by atoms with Gasteiger partial charge in [0.2, 0.25) is 0 Å². The minimum Gasteiger partial charge on any atom is -0.394 e. The lowest BCUT2D eigenvalue weighted by Crippen LogP contribution is -2.41. The van der Waals surface area contributed by atoms with Crippen LogP contribution in [-0.4, -0.2) is 17.8 Å². The second-order valence-corrected chi connectivity index (χ2v) is 5.22. The second kappa shape index (κ2) is 5.63. The number of aliphatic hydroxyl groups is 1. The maximum atomic E-state index is 13.9. The van der Waals surface area contributed by atoms with Crippen LogP contribution in [0.25, 0.3) is 0 Å². The first-order valence-corrected chi connectivity index (χ1v) is 6.98. The van der Waals surface area contributed by atoms with Gasteiger partial charge in [0.1, 0.15) is 5.82 Å². The van der Waals surface area contributed by atoms with Crippen LogP contribution in [-0.2, 0) is 13.0 Å². The lowest BCUT2D eigenvalue weighted by molar-refractivity contribution is 0.248. The highest BCUT2D eigenvalue weighted by Crippen LogP contribution is 2.32. The number of rotatable bonds is 3. The Kier molecular flexibility index (Phi) is 3.70. The quantitative estimate of drug-likeness (QED) is 0.927. The molecule has 20 heavy (non-hydrogen) atoms. The van der Waals surface area contributed by atoms with Crippen molar-refractivity contribution in [2.75, 3.05) is 11.5 Å². The minimum absolute atomic E-state index is 0.0597. The molecule has 0 fully saturated rings. The molecule has 0 radical (unpaired) electrons. The van der Waals surface area contributed by atoms with E-state index in [0.29, 0.717) is 12.1 Å². The molecule has 0 saturated carbocycles. The van der Waals surface area contributed by atoms with Gasteiger partial charge in [-0.25, -0.2) is 4.39 Å². The topological polar surface area (TPSA) is 23.5 Å². The highest BCUT2D eigenvalue weighted by atomic mass is 19.1. The van der Waals surface area contributed by atoms with Crippen molar-refractivity contribution in [1.82, 2.24) is 0 Å². The summed E-state index contributed by atoms with van der Waals surface area (Å²) in [6.07, 6.45) is 1.87. The summed E-state index contributed by atoms with van der Waals surface area (Å²) in [6.45, 7) is 0.595. The predicted molar refractivity (Wildman–Crippen MR) is 78.2 cm³/mol. The average molecular weight is 271 g/mol. The molecule has 2 aromatic rings. The van der Waals surface area contributed by atoms with E-state index in [0.717, 1.165) is 18.5 Å². The van der Waals surface area contributed by atoms with E-state index in [9.17, 15) is 9.50 Å². The smallest absolute Gasteiger partial charge is 0.128 e. The summed E-state index contributed by atoms with van der Waals surface area (Å²) in [5, 5.41) is 9.60. The van der Waals surface area contributed by atoms with Crippen LogP contribution < -0.4 is 4.90 Å². The minimum atomic E-state index is -0.188. The molecule has 104 valence electrons. The van der Waals surface area contributed by atoms with Gasteiger partial charge in [0, 0.05) is 17.8 Å². The number of aryl methyl sites for hydroxylation is 1. The maximum absolute atomic E-state index is 13.9. The maximum Gasteiger partial charge on any atom is 0.128 e. The predicted octanol–water partition coefficient (Wildman–Crippen LogP) is 3.14. The number of anilines is 1. The number of nitrogens with zero attached hydrogens (tertiary/aromatic N) is 1. The Morgan fingerprint density at radius 2 is 1.85 bits per heavy atom. The Labute approximate surface area is 118 Å². The standard InChI is InChI=1S/C17H18FNO/c18-16-7-3-1-6-14(16)11-19-15(12-20)10-9-13-5-2-4-8-17(13)19/h1-8,15,20H,9-12H2/t15-/m1/s1. The fraction of sp³-hybridized carbons (Fsp3) is 0.294. The first-order valence-electron chi connectivity index (χ1n) is 6.98. The van der Waals surface area contributed by atoms with E-state index in [1.54, 1.807) is 12.1 Å². The molecule has 1 heterocycles. The van der Waals surface area contributed by atoms with E-state index in [1.165, 1.54) is 11.6 Å². The second-order valence-electron chi connectivity index (χ2n) is 5.22. The monoisotopic (exact) mass is 271 g/mol. The molecule has 2 aromatic carbocycles. The van der Waals surface area contributed by atoms with Crippen molar-refractivity contribution in [2.45, 2.75) is 25.4 Å². The summed E-state index contributed by atoms with van der Waals surface area (Å²) in [4.78, 5) is 2.12. The van der Waals surface area contributed by atoms with Gasteiger partial charge in [-0.05, 0) is 30.5 Å². The van der Waals surface area contributed by atoms with Crippen LogP contribution in [0.3, 0.4) is 0 Å². The molecule has 3 heteroatoms. The molecule has 1 aliphatic heterocycles. The normalized spacial score (nSPS) is 17.9. The SMILES string of the molecule is OC[C@H]1CCc2ccccc2N1Cc1ccccc1F. The van der Waals surface area contributed by atoms with E-state index < -0.39 is 0 Å². The number of benzene rings is 2. The zero-order valence-electron chi connectivity index (χ0n) is 11.3. The third kappa shape index (κ3) is 2.41. The number of para-hydroxylation sites is 1. The van der Waals surface area contributed by atoms with Crippen LogP contribution in [0.2, 0.25) is 0 Å². The van der Waals surface area contributed by atoms with Gasteiger partial charge in [0.05, 0.1) is 12.6 Å². The van der Waals surface area contributed by atoms with E-state index in [2.05, 4.69) is 17.0 Å². The van der Waals surface area contributed by atoms with Crippen molar-refractivity contribution in [3.63, 3.8) is 0 Å². The molecule has 3 rings (SSSR count). The van der Waals surface area contributed by atoms with Crippen LogP contribution in [0, 0.1) is 5.82 Å². The van der Waals surface area contributed by atoms with Crippen LogP contribution in [0.5, 0.6) is 0 Å². The van der Waals surface area contributed by atoms with Gasteiger partial charge < -0.3 is 10.0 Å². The highest BCUT2D eigenvalue weighted by Gasteiger charge is 2.25.